The van der Waals surface area contributed by atoms with Gasteiger partial charge in [0.2, 0.25) is 0 Å². The molecule has 5 nitrogen and oxygen atoms in total. The fraction of sp³-hybridized carbons (Fsp3) is 0.500. The highest BCUT2D eigenvalue weighted by Crippen LogP contribution is 2.27. The molecule has 0 aliphatic heterocycles. The number of nitrogens with zero attached hydrogens (tertiary/aromatic N) is 2. The molecule has 0 spiro atoms. The number of ether oxygens (including phenoxy) is 1. The van der Waals surface area contributed by atoms with Crippen LogP contribution in [0.3, 0.4) is 0 Å². The second-order valence-corrected chi connectivity index (χ2v) is 3.25. The van der Waals surface area contributed by atoms with E-state index in [2.05, 4.69) is 10.2 Å². The fourth-order valence-corrected chi connectivity index (χ4v) is 0.968. The maximum absolute atomic E-state index is 9.67. The molecule has 1 rings (SSSR count). The van der Waals surface area contributed by atoms with E-state index in [4.69, 9.17) is 10.5 Å². The van der Waals surface area contributed by atoms with E-state index >= 15 is 0 Å². The Kier molecular flexibility index (Phi) is 2.38. The maximum atomic E-state index is 9.67. The minimum absolute atomic E-state index is 0.268. The van der Waals surface area contributed by atoms with Crippen molar-refractivity contribution in [1.29, 1.82) is 0 Å². The molecule has 5 heteroatoms. The summed E-state index contributed by atoms with van der Waals surface area (Å²) in [6.45, 7) is 3.21. The number of aliphatic hydroxyl groups is 1. The minimum Gasteiger partial charge on any atom is -0.495 e. The first-order valence-electron chi connectivity index (χ1n) is 3.85. The Balaban J connectivity index is 3.22. The smallest absolute Gasteiger partial charge is 0.149 e. The van der Waals surface area contributed by atoms with Crippen molar-refractivity contribution in [1.82, 2.24) is 10.2 Å². The van der Waals surface area contributed by atoms with Gasteiger partial charge in [0.05, 0.1) is 7.11 Å². The molecule has 72 valence electrons. The predicted octanol–water partition coefficient (Wildman–Crippen LogP) is 0.295. The lowest BCUT2D eigenvalue weighted by Crippen LogP contribution is -2.19. The highest BCUT2D eigenvalue weighted by molar-refractivity contribution is 5.39. The van der Waals surface area contributed by atoms with E-state index in [1.54, 1.807) is 13.8 Å². The van der Waals surface area contributed by atoms with Crippen molar-refractivity contribution in [3.05, 3.63) is 11.8 Å². The van der Waals surface area contributed by atoms with Crippen molar-refractivity contribution in [3.8, 4) is 5.75 Å². The van der Waals surface area contributed by atoms with Crippen molar-refractivity contribution < 1.29 is 9.84 Å². The number of hydrogen-bond acceptors (Lipinski definition) is 5. The van der Waals surface area contributed by atoms with Gasteiger partial charge in [0, 0.05) is 6.07 Å². The maximum Gasteiger partial charge on any atom is 0.149 e. The number of anilines is 1. The molecule has 13 heavy (non-hydrogen) atoms. The van der Waals surface area contributed by atoms with E-state index in [1.807, 2.05) is 0 Å². The molecule has 1 heterocycles. The van der Waals surface area contributed by atoms with Gasteiger partial charge in [-0.3, -0.25) is 0 Å². The molecule has 3 N–H and O–H groups in total. The fourth-order valence-electron chi connectivity index (χ4n) is 0.968. The van der Waals surface area contributed by atoms with Crippen LogP contribution in [0.4, 0.5) is 5.82 Å². The first-order valence-corrected chi connectivity index (χ1v) is 3.85. The Labute approximate surface area is 76.5 Å². The summed E-state index contributed by atoms with van der Waals surface area (Å²) >= 11 is 0. The van der Waals surface area contributed by atoms with Crippen LogP contribution in [0.2, 0.25) is 0 Å². The molecule has 0 radical (unpaired) electrons. The molecule has 0 atom stereocenters. The van der Waals surface area contributed by atoms with Gasteiger partial charge in [-0.05, 0) is 13.8 Å². The quantitative estimate of drug-likeness (QED) is 0.689. The van der Waals surface area contributed by atoms with Crippen molar-refractivity contribution in [2.75, 3.05) is 12.8 Å². The summed E-state index contributed by atoms with van der Waals surface area (Å²) < 4.78 is 5.01. The van der Waals surface area contributed by atoms with E-state index in [1.165, 1.54) is 13.2 Å². The number of rotatable bonds is 2. The van der Waals surface area contributed by atoms with E-state index in [0.717, 1.165) is 0 Å². The summed E-state index contributed by atoms with van der Waals surface area (Å²) in [6, 6.07) is 1.53. The van der Waals surface area contributed by atoms with Crippen LogP contribution in [0.15, 0.2) is 6.07 Å². The summed E-state index contributed by atoms with van der Waals surface area (Å²) in [6.07, 6.45) is 0. The second-order valence-electron chi connectivity index (χ2n) is 3.25. The van der Waals surface area contributed by atoms with Crippen molar-refractivity contribution in [2.45, 2.75) is 19.4 Å². The molecular formula is C8H13N3O2. The summed E-state index contributed by atoms with van der Waals surface area (Å²) in [5, 5.41) is 17.1. The Hall–Kier alpha value is -1.36. The zero-order chi connectivity index (χ0) is 10.1. The van der Waals surface area contributed by atoms with Crippen molar-refractivity contribution >= 4 is 5.82 Å². The lowest BCUT2D eigenvalue weighted by Gasteiger charge is -2.18. The van der Waals surface area contributed by atoms with Crippen molar-refractivity contribution in [2.24, 2.45) is 0 Å². The standard InChI is InChI=1S/C8H13N3O2/c1-8(2,12)7-5(13-3)4-6(9)10-11-7/h4,12H,1-3H3,(H2,9,10). The summed E-state index contributed by atoms with van der Waals surface area (Å²) in [7, 11) is 1.49. The molecule has 0 saturated carbocycles. The first-order chi connectivity index (χ1) is 5.95. The molecule has 0 fully saturated rings. The monoisotopic (exact) mass is 183 g/mol. The van der Waals surface area contributed by atoms with Gasteiger partial charge in [-0.15, -0.1) is 10.2 Å². The lowest BCUT2D eigenvalue weighted by molar-refractivity contribution is 0.0696. The SMILES string of the molecule is COc1cc(N)nnc1C(C)(C)O. The van der Waals surface area contributed by atoms with Gasteiger partial charge in [-0.1, -0.05) is 0 Å². The van der Waals surface area contributed by atoms with Crippen LogP contribution in [0.5, 0.6) is 5.75 Å². The van der Waals surface area contributed by atoms with E-state index in [0.29, 0.717) is 11.4 Å². The third-order valence-corrected chi connectivity index (χ3v) is 1.58. The molecule has 0 aliphatic carbocycles. The topological polar surface area (TPSA) is 81.3 Å². The average molecular weight is 183 g/mol. The summed E-state index contributed by atoms with van der Waals surface area (Å²) in [5.74, 6) is 0.713. The van der Waals surface area contributed by atoms with Gasteiger partial charge >= 0.3 is 0 Å². The molecule has 0 bridgehead atoms. The third-order valence-electron chi connectivity index (χ3n) is 1.58. The molecule has 1 aromatic heterocycles. The number of hydrogen-bond donors (Lipinski definition) is 2. The Morgan fingerprint density at radius 1 is 1.46 bits per heavy atom. The molecule has 0 aliphatic rings. The predicted molar refractivity (Wildman–Crippen MR) is 48.2 cm³/mol. The highest BCUT2D eigenvalue weighted by Gasteiger charge is 2.23. The van der Waals surface area contributed by atoms with E-state index in [-0.39, 0.29) is 5.82 Å². The molecule has 0 aromatic carbocycles. The molecule has 0 saturated heterocycles. The zero-order valence-corrected chi connectivity index (χ0v) is 7.90. The average Bonchev–Trinajstić information content (AvgIpc) is 2.01. The van der Waals surface area contributed by atoms with Gasteiger partial charge in [0.25, 0.3) is 0 Å². The Morgan fingerprint density at radius 3 is 2.54 bits per heavy atom. The number of nitrogens with two attached hydrogens (primary N) is 1. The summed E-state index contributed by atoms with van der Waals surface area (Å²) in [5.41, 5.74) is 4.71. The number of methoxy groups -OCH3 is 1. The normalized spacial score (nSPS) is 11.4. The second kappa shape index (κ2) is 3.18. The van der Waals surface area contributed by atoms with Crippen LogP contribution < -0.4 is 10.5 Å². The van der Waals surface area contributed by atoms with Crippen LogP contribution in [0.25, 0.3) is 0 Å². The van der Waals surface area contributed by atoms with Crippen LogP contribution in [0, 0.1) is 0 Å². The Bertz CT molecular complexity index is 307. The minimum atomic E-state index is -1.08. The van der Waals surface area contributed by atoms with Gasteiger partial charge < -0.3 is 15.6 Å². The van der Waals surface area contributed by atoms with Crippen LogP contribution in [0.1, 0.15) is 19.5 Å². The van der Waals surface area contributed by atoms with Gasteiger partial charge in [0.15, 0.2) is 0 Å². The van der Waals surface area contributed by atoms with Crippen molar-refractivity contribution in [3.63, 3.8) is 0 Å². The number of nitrogen functional groups attached to an aromatic ring is 1. The van der Waals surface area contributed by atoms with E-state index in [9.17, 15) is 5.11 Å². The lowest BCUT2D eigenvalue weighted by atomic mass is 10.0. The first kappa shape index (κ1) is 9.73. The largest absolute Gasteiger partial charge is 0.495 e. The molecule has 0 amide bonds. The van der Waals surface area contributed by atoms with Crippen LogP contribution >= 0.6 is 0 Å². The van der Waals surface area contributed by atoms with Gasteiger partial charge in [0.1, 0.15) is 22.9 Å². The zero-order valence-electron chi connectivity index (χ0n) is 7.90. The molecule has 1 aromatic rings. The molecule has 0 unspecified atom stereocenters. The van der Waals surface area contributed by atoms with Crippen LogP contribution in [-0.2, 0) is 5.60 Å². The summed E-state index contributed by atoms with van der Waals surface area (Å²) in [4.78, 5) is 0. The van der Waals surface area contributed by atoms with E-state index < -0.39 is 5.60 Å². The Morgan fingerprint density at radius 2 is 2.08 bits per heavy atom. The highest BCUT2D eigenvalue weighted by atomic mass is 16.5. The van der Waals surface area contributed by atoms with Gasteiger partial charge in [-0.25, -0.2) is 0 Å². The van der Waals surface area contributed by atoms with Gasteiger partial charge in [-0.2, -0.15) is 0 Å². The third kappa shape index (κ3) is 2.06. The van der Waals surface area contributed by atoms with Crippen LogP contribution in [-0.4, -0.2) is 22.4 Å². The number of aromatic nitrogens is 2. The molecular weight excluding hydrogens is 170 g/mol.